The Morgan fingerprint density at radius 1 is 1.07 bits per heavy atom. The largest absolute Gasteiger partial charge is 0.396 e. The lowest BCUT2D eigenvalue weighted by Gasteiger charge is -2.15. The number of aliphatic hydroxyl groups excluding tert-OH is 1. The van der Waals surface area contributed by atoms with Gasteiger partial charge in [0.05, 0.1) is 0 Å². The van der Waals surface area contributed by atoms with Gasteiger partial charge in [-0.2, -0.15) is 0 Å². The number of hydrogen-bond donors (Lipinski definition) is 1. The van der Waals surface area contributed by atoms with Crippen molar-refractivity contribution >= 4 is 0 Å². The molecule has 0 saturated heterocycles. The molecule has 1 heteroatoms. The van der Waals surface area contributed by atoms with Gasteiger partial charge in [-0.1, -0.05) is 45.9 Å². The second-order valence-corrected chi connectivity index (χ2v) is 4.74. The fraction of sp³-hybridized carbons (Fsp3) is 0.571. The third-order valence-electron chi connectivity index (χ3n) is 2.84. The van der Waals surface area contributed by atoms with Crippen molar-refractivity contribution in [2.24, 2.45) is 0 Å². The van der Waals surface area contributed by atoms with Crippen LogP contribution in [-0.4, -0.2) is 11.7 Å². The summed E-state index contributed by atoms with van der Waals surface area (Å²) in [6.45, 7) is 9.04. The van der Waals surface area contributed by atoms with Crippen LogP contribution < -0.4 is 0 Å². The van der Waals surface area contributed by atoms with Crippen molar-refractivity contribution in [3.8, 4) is 0 Å². The molecule has 1 nitrogen and oxygen atoms in total. The third kappa shape index (κ3) is 3.07. The molecule has 0 spiro atoms. The molecule has 15 heavy (non-hydrogen) atoms. The van der Waals surface area contributed by atoms with Crippen molar-refractivity contribution in [2.45, 2.75) is 46.0 Å². The van der Waals surface area contributed by atoms with Gasteiger partial charge in [0.15, 0.2) is 0 Å². The van der Waals surface area contributed by atoms with E-state index in [0.717, 1.165) is 6.42 Å². The fourth-order valence-electron chi connectivity index (χ4n) is 1.88. The third-order valence-corrected chi connectivity index (χ3v) is 2.84. The van der Waals surface area contributed by atoms with Crippen molar-refractivity contribution in [2.75, 3.05) is 6.61 Å². The summed E-state index contributed by atoms with van der Waals surface area (Å²) in [7, 11) is 0. The predicted octanol–water partition coefficient (Wildman–Crippen LogP) is 3.47. The van der Waals surface area contributed by atoms with Crippen molar-refractivity contribution in [1.29, 1.82) is 0 Å². The molecule has 1 aromatic carbocycles. The average molecular weight is 206 g/mol. The van der Waals surface area contributed by atoms with Gasteiger partial charge in [-0.25, -0.2) is 0 Å². The summed E-state index contributed by atoms with van der Waals surface area (Å²) in [6.07, 6.45) is 0.772. The molecule has 0 amide bonds. The van der Waals surface area contributed by atoms with E-state index in [1.54, 1.807) is 0 Å². The topological polar surface area (TPSA) is 20.2 Å². The first-order valence-electron chi connectivity index (χ1n) is 5.79. The predicted molar refractivity (Wildman–Crippen MR) is 65.4 cm³/mol. The van der Waals surface area contributed by atoms with Gasteiger partial charge in [0.2, 0.25) is 0 Å². The highest BCUT2D eigenvalue weighted by Gasteiger charge is 2.08. The molecule has 0 aliphatic carbocycles. The molecule has 0 atom stereocenters. The second kappa shape index (κ2) is 5.32. The highest BCUT2D eigenvalue weighted by molar-refractivity contribution is 5.35. The Hall–Kier alpha value is -0.820. The average Bonchev–Trinajstić information content (AvgIpc) is 2.17. The summed E-state index contributed by atoms with van der Waals surface area (Å²) in [6, 6.07) is 6.67. The van der Waals surface area contributed by atoms with Crippen LogP contribution in [0.2, 0.25) is 0 Å². The maximum Gasteiger partial charge on any atom is 0.0471 e. The Kier molecular flexibility index (Phi) is 4.34. The van der Waals surface area contributed by atoms with Crippen LogP contribution in [0.4, 0.5) is 0 Å². The first kappa shape index (κ1) is 12.3. The minimum Gasteiger partial charge on any atom is -0.396 e. The molecule has 84 valence electrons. The zero-order valence-corrected chi connectivity index (χ0v) is 10.2. The molecule has 0 heterocycles. The SMILES string of the molecule is CC(C)c1ccc(C(C)C)c(CCO)c1. The summed E-state index contributed by atoms with van der Waals surface area (Å²) in [5.41, 5.74) is 4.04. The van der Waals surface area contributed by atoms with Crippen LogP contribution >= 0.6 is 0 Å². The minimum absolute atomic E-state index is 0.237. The Morgan fingerprint density at radius 2 is 1.73 bits per heavy atom. The molecule has 0 radical (unpaired) electrons. The Balaban J connectivity index is 3.08. The van der Waals surface area contributed by atoms with Gasteiger partial charge in [-0.05, 0) is 34.9 Å². The number of benzene rings is 1. The second-order valence-electron chi connectivity index (χ2n) is 4.74. The molecule has 0 aromatic heterocycles. The van der Waals surface area contributed by atoms with E-state index in [2.05, 4.69) is 45.9 Å². The van der Waals surface area contributed by atoms with Crippen LogP contribution in [0.3, 0.4) is 0 Å². The van der Waals surface area contributed by atoms with Gasteiger partial charge in [0, 0.05) is 6.61 Å². The Morgan fingerprint density at radius 3 is 2.20 bits per heavy atom. The van der Waals surface area contributed by atoms with Crippen LogP contribution in [0.5, 0.6) is 0 Å². The smallest absolute Gasteiger partial charge is 0.0471 e. The van der Waals surface area contributed by atoms with Gasteiger partial charge >= 0.3 is 0 Å². The molecule has 0 bridgehead atoms. The molecule has 0 saturated carbocycles. The van der Waals surface area contributed by atoms with Gasteiger partial charge < -0.3 is 5.11 Å². The summed E-state index contributed by atoms with van der Waals surface area (Å²) >= 11 is 0. The maximum absolute atomic E-state index is 9.06. The molecule has 1 aromatic rings. The molecule has 0 aliphatic rings. The Labute approximate surface area is 93.1 Å². The molecular weight excluding hydrogens is 184 g/mol. The van der Waals surface area contributed by atoms with Crippen LogP contribution in [0.15, 0.2) is 18.2 Å². The van der Waals surface area contributed by atoms with Gasteiger partial charge in [0.25, 0.3) is 0 Å². The van der Waals surface area contributed by atoms with Gasteiger partial charge in [0.1, 0.15) is 0 Å². The van der Waals surface area contributed by atoms with E-state index in [-0.39, 0.29) is 6.61 Å². The normalized spacial score (nSPS) is 11.4. The maximum atomic E-state index is 9.06. The minimum atomic E-state index is 0.237. The molecule has 0 unspecified atom stereocenters. The monoisotopic (exact) mass is 206 g/mol. The summed E-state index contributed by atoms with van der Waals surface area (Å²) in [5, 5.41) is 9.06. The summed E-state index contributed by atoms with van der Waals surface area (Å²) in [5.74, 6) is 1.09. The molecule has 0 aliphatic heterocycles. The summed E-state index contributed by atoms with van der Waals surface area (Å²) < 4.78 is 0. The fourth-order valence-corrected chi connectivity index (χ4v) is 1.88. The van der Waals surface area contributed by atoms with Gasteiger partial charge in [-0.3, -0.25) is 0 Å². The number of hydrogen-bond acceptors (Lipinski definition) is 1. The number of aliphatic hydroxyl groups is 1. The lowest BCUT2D eigenvalue weighted by molar-refractivity contribution is 0.299. The van der Waals surface area contributed by atoms with Crippen molar-refractivity contribution < 1.29 is 5.11 Å². The van der Waals surface area contributed by atoms with Crippen LogP contribution in [0.25, 0.3) is 0 Å². The zero-order valence-electron chi connectivity index (χ0n) is 10.2. The van der Waals surface area contributed by atoms with Crippen LogP contribution in [0, 0.1) is 0 Å². The van der Waals surface area contributed by atoms with E-state index in [0.29, 0.717) is 11.8 Å². The zero-order chi connectivity index (χ0) is 11.4. The van der Waals surface area contributed by atoms with Crippen molar-refractivity contribution in [3.63, 3.8) is 0 Å². The van der Waals surface area contributed by atoms with E-state index in [1.807, 2.05) is 0 Å². The van der Waals surface area contributed by atoms with E-state index in [1.165, 1.54) is 16.7 Å². The molecule has 1 rings (SSSR count). The van der Waals surface area contributed by atoms with E-state index >= 15 is 0 Å². The van der Waals surface area contributed by atoms with Crippen molar-refractivity contribution in [3.05, 3.63) is 34.9 Å². The van der Waals surface area contributed by atoms with Crippen LogP contribution in [-0.2, 0) is 6.42 Å². The lowest BCUT2D eigenvalue weighted by Crippen LogP contribution is -2.01. The molecule has 0 fully saturated rings. The van der Waals surface area contributed by atoms with E-state index < -0.39 is 0 Å². The highest BCUT2D eigenvalue weighted by Crippen LogP contribution is 2.24. The van der Waals surface area contributed by atoms with E-state index in [4.69, 9.17) is 5.11 Å². The first-order valence-corrected chi connectivity index (χ1v) is 5.79. The molecule has 1 N–H and O–H groups in total. The highest BCUT2D eigenvalue weighted by atomic mass is 16.2. The lowest BCUT2D eigenvalue weighted by atomic mass is 9.91. The first-order chi connectivity index (χ1) is 7.06. The Bertz CT molecular complexity index is 313. The quantitative estimate of drug-likeness (QED) is 0.799. The van der Waals surface area contributed by atoms with Crippen molar-refractivity contribution in [1.82, 2.24) is 0 Å². The molecular formula is C14H22O. The summed E-state index contributed by atoms with van der Waals surface area (Å²) in [4.78, 5) is 0. The van der Waals surface area contributed by atoms with E-state index in [9.17, 15) is 0 Å². The number of rotatable bonds is 4. The van der Waals surface area contributed by atoms with Gasteiger partial charge in [-0.15, -0.1) is 0 Å². The van der Waals surface area contributed by atoms with Crippen LogP contribution in [0.1, 0.15) is 56.2 Å². The standard InChI is InChI=1S/C14H22O/c1-10(2)12-5-6-14(11(3)4)13(9-12)7-8-15/h5-6,9-11,15H,7-8H2,1-4H3.